The predicted octanol–water partition coefficient (Wildman–Crippen LogP) is -0.666. The molecule has 4 radical (unpaired) electrons. The molecular weight excluding hydrogens is 556 g/mol. The lowest BCUT2D eigenvalue weighted by Crippen LogP contribution is -2.58. The molecule has 24 heteroatoms. The van der Waals surface area contributed by atoms with Crippen LogP contribution in [0.4, 0.5) is 10.3 Å². The van der Waals surface area contributed by atoms with Gasteiger partial charge in [0, 0.05) is 0 Å². The number of alkyl halides is 1. The van der Waals surface area contributed by atoms with Crippen LogP contribution in [0.15, 0.2) is 6.33 Å². The van der Waals surface area contributed by atoms with Crippen LogP contribution in [0.2, 0.25) is 0 Å². The molecule has 0 spiro atoms. The highest BCUT2D eigenvalue weighted by molar-refractivity contribution is 7.66. The maximum absolute atomic E-state index is 15.5. The molecule has 0 saturated carbocycles. The Labute approximate surface area is 204 Å². The van der Waals surface area contributed by atoms with Gasteiger partial charge in [0.05, 0.1) is 18.3 Å². The van der Waals surface area contributed by atoms with Crippen molar-refractivity contribution in [2.75, 3.05) is 18.9 Å². The molecule has 2 aromatic rings. The van der Waals surface area contributed by atoms with Crippen LogP contribution in [0, 0.1) is 0 Å². The molecule has 2 heterocycles. The van der Waals surface area contributed by atoms with E-state index in [0.717, 1.165) is 10.9 Å². The number of nitrogen functional groups attached to an aromatic ring is 1. The van der Waals surface area contributed by atoms with Crippen LogP contribution in [0.5, 0.6) is 5.88 Å². The minimum atomic E-state index is -6.03. The van der Waals surface area contributed by atoms with Crippen molar-refractivity contribution >= 4 is 56.3 Å². The average molecular weight is 575 g/mol. The summed E-state index contributed by atoms with van der Waals surface area (Å²) in [4.78, 5) is 47.7. The molecular formula is C12H19B2FN5O13P3. The van der Waals surface area contributed by atoms with E-state index < -0.39 is 47.6 Å². The Morgan fingerprint density at radius 1 is 1.17 bits per heavy atom. The number of hydrogen-bond acceptors (Lipinski definition) is 13. The van der Waals surface area contributed by atoms with Crippen molar-refractivity contribution < 1.29 is 65.4 Å². The molecule has 0 fully saturated rings. The Balaban J connectivity index is 2.32. The molecule has 18 nitrogen and oxygen atoms in total. The molecule has 2 unspecified atom stereocenters. The number of anilines is 1. The van der Waals surface area contributed by atoms with Crippen LogP contribution in [0.25, 0.3) is 11.2 Å². The van der Waals surface area contributed by atoms with E-state index in [0.29, 0.717) is 0 Å². The molecule has 36 heavy (non-hydrogen) atoms. The van der Waals surface area contributed by atoms with Gasteiger partial charge in [-0.15, -0.1) is 0 Å². The van der Waals surface area contributed by atoms with E-state index >= 15 is 4.39 Å². The first-order valence-electron chi connectivity index (χ1n) is 9.27. The third-order valence-corrected chi connectivity index (χ3v) is 7.77. The average Bonchev–Trinajstić information content (AvgIpc) is 3.07. The van der Waals surface area contributed by atoms with Crippen molar-refractivity contribution in [3.05, 3.63) is 6.33 Å². The number of imidazole rings is 1. The number of phosphoric acid groups is 3. The third kappa shape index (κ3) is 7.54. The van der Waals surface area contributed by atoms with Crippen LogP contribution in [0.1, 0.15) is 20.1 Å². The summed E-state index contributed by atoms with van der Waals surface area (Å²) >= 11 is 0. The standard InChI is InChI=1S/C12H19B2FN5O13P3/c1-3-29-9-7-8(18-10(16)19-9)20(5-17-7)6(2)30-11(15,4-21)12(13,14)31-35(25,26)33-36(27,28)32-34(22,23)24/h5-6,21H,3-4H2,1-2H3,(H,25,26)(H,27,28)(H2,16,18,19)(H2,22,23,24)/t6-,11+/m1/s1. The number of nitrogens with two attached hydrogens (primary N) is 1. The quantitative estimate of drug-likeness (QED) is 0.128. The Bertz CT molecular complexity index is 1250. The van der Waals surface area contributed by atoms with Crippen molar-refractivity contribution in [1.82, 2.24) is 19.5 Å². The van der Waals surface area contributed by atoms with Crippen molar-refractivity contribution in [3.8, 4) is 5.88 Å². The summed E-state index contributed by atoms with van der Waals surface area (Å²) in [5.74, 6) is -4.03. The van der Waals surface area contributed by atoms with E-state index in [1.807, 2.05) is 0 Å². The molecule has 0 aliphatic carbocycles. The second-order valence-corrected chi connectivity index (χ2v) is 11.1. The van der Waals surface area contributed by atoms with Gasteiger partial charge in [-0.1, -0.05) is 0 Å². The summed E-state index contributed by atoms with van der Waals surface area (Å²) in [5.41, 5.74) is 5.67. The van der Waals surface area contributed by atoms with Gasteiger partial charge in [-0.2, -0.15) is 18.6 Å². The van der Waals surface area contributed by atoms with Gasteiger partial charge in [-0.05, 0) is 13.8 Å². The largest absolute Gasteiger partial charge is 0.490 e. The molecule has 0 aliphatic heterocycles. The Morgan fingerprint density at radius 3 is 2.31 bits per heavy atom. The normalized spacial score (nSPS) is 18.8. The second kappa shape index (κ2) is 10.7. The minimum Gasteiger partial charge on any atom is -0.476 e. The number of aromatic nitrogens is 4. The van der Waals surface area contributed by atoms with Gasteiger partial charge in [-0.25, -0.2) is 23.1 Å². The second-order valence-electron chi connectivity index (χ2n) is 6.72. The summed E-state index contributed by atoms with van der Waals surface area (Å²) < 4.78 is 72.2. The SMILES string of the molecule is [B]C([B])(OP(=O)(O)OP(=O)(O)OP(=O)(O)O)[C@](F)(CO)O[C@H](C)n1cnc2c(OCC)nc(N)nc21. The summed E-state index contributed by atoms with van der Waals surface area (Å²) in [6.45, 7) is 1.29. The fourth-order valence-corrected chi connectivity index (χ4v) is 5.70. The Hall–Kier alpha value is -1.46. The smallest absolute Gasteiger partial charge is 0.476 e. The molecule has 0 bridgehead atoms. The van der Waals surface area contributed by atoms with Gasteiger partial charge in [-0.3, -0.25) is 9.09 Å². The third-order valence-electron chi connectivity index (χ3n) is 3.91. The zero-order valence-electron chi connectivity index (χ0n) is 18.3. The van der Waals surface area contributed by atoms with E-state index in [2.05, 4.69) is 28.1 Å². The number of ether oxygens (including phenoxy) is 2. The van der Waals surface area contributed by atoms with Crippen molar-refractivity contribution in [1.29, 1.82) is 0 Å². The zero-order chi connectivity index (χ0) is 27.7. The van der Waals surface area contributed by atoms with Crippen molar-refractivity contribution in [2.45, 2.75) is 31.3 Å². The van der Waals surface area contributed by atoms with Gasteiger partial charge >= 0.3 is 23.5 Å². The van der Waals surface area contributed by atoms with Crippen molar-refractivity contribution in [2.24, 2.45) is 0 Å². The molecule has 0 aliphatic rings. The van der Waals surface area contributed by atoms with E-state index in [4.69, 9.17) is 40.7 Å². The lowest BCUT2D eigenvalue weighted by Gasteiger charge is -2.41. The monoisotopic (exact) mass is 575 g/mol. The highest BCUT2D eigenvalue weighted by Crippen LogP contribution is 2.67. The maximum Gasteiger partial charge on any atom is 0.490 e. The van der Waals surface area contributed by atoms with E-state index in [1.165, 1.54) is 6.92 Å². The number of halogens is 1. The van der Waals surface area contributed by atoms with E-state index in [-0.39, 0.29) is 29.6 Å². The summed E-state index contributed by atoms with van der Waals surface area (Å²) in [6.07, 6.45) is -0.423. The summed E-state index contributed by atoms with van der Waals surface area (Å²) in [5, 5.41) is 5.94. The Morgan fingerprint density at radius 2 is 1.78 bits per heavy atom. The first-order valence-corrected chi connectivity index (χ1v) is 13.8. The zero-order valence-corrected chi connectivity index (χ0v) is 21.0. The van der Waals surface area contributed by atoms with Crippen LogP contribution in [0.3, 0.4) is 0 Å². The number of nitrogens with zero attached hydrogens (tertiary/aromatic N) is 4. The lowest BCUT2D eigenvalue weighted by molar-refractivity contribution is -0.250. The predicted molar refractivity (Wildman–Crippen MR) is 117 cm³/mol. The van der Waals surface area contributed by atoms with Crippen LogP contribution < -0.4 is 10.5 Å². The first kappa shape index (κ1) is 30.8. The molecule has 198 valence electrons. The minimum absolute atomic E-state index is 0.0146. The summed E-state index contributed by atoms with van der Waals surface area (Å²) in [7, 11) is -6.98. The lowest BCUT2D eigenvalue weighted by atomic mass is 9.61. The summed E-state index contributed by atoms with van der Waals surface area (Å²) in [6, 6.07) is 0. The van der Waals surface area contributed by atoms with Crippen LogP contribution in [-0.4, -0.2) is 84.4 Å². The fraction of sp³-hybridized carbons (Fsp3) is 0.583. The fourth-order valence-electron chi connectivity index (χ4n) is 2.55. The number of phosphoric ester groups is 1. The Kier molecular flexibility index (Phi) is 9.17. The number of fused-ring (bicyclic) bond motifs is 1. The van der Waals surface area contributed by atoms with Crippen LogP contribution >= 0.6 is 23.5 Å². The number of hydrogen-bond donors (Lipinski definition) is 6. The van der Waals surface area contributed by atoms with Gasteiger partial charge in [0.15, 0.2) is 11.2 Å². The molecule has 2 aromatic heterocycles. The molecule has 4 atom stereocenters. The number of aliphatic hydroxyl groups excluding tert-OH is 1. The molecule has 0 saturated heterocycles. The molecule has 2 rings (SSSR count). The first-order chi connectivity index (χ1) is 16.2. The van der Waals surface area contributed by atoms with E-state index in [9.17, 15) is 28.6 Å². The molecule has 7 N–H and O–H groups in total. The topological polar surface area (TPSA) is 268 Å². The van der Waals surface area contributed by atoms with Crippen molar-refractivity contribution in [3.63, 3.8) is 0 Å². The highest BCUT2D eigenvalue weighted by Gasteiger charge is 2.53. The van der Waals surface area contributed by atoms with E-state index in [1.54, 1.807) is 6.92 Å². The van der Waals surface area contributed by atoms with Gasteiger partial charge < -0.3 is 39.9 Å². The number of aliphatic hydroxyl groups is 1. The highest BCUT2D eigenvalue weighted by atomic mass is 31.3. The van der Waals surface area contributed by atoms with Gasteiger partial charge in [0.25, 0.3) is 0 Å². The van der Waals surface area contributed by atoms with Crippen LogP contribution in [-0.2, 0) is 31.6 Å². The van der Waals surface area contributed by atoms with Gasteiger partial charge in [0.2, 0.25) is 17.7 Å². The number of rotatable bonds is 13. The maximum atomic E-state index is 15.5. The molecule has 0 amide bonds. The molecule has 0 aromatic carbocycles. The van der Waals surface area contributed by atoms with Gasteiger partial charge in [0.1, 0.15) is 28.5 Å².